The Morgan fingerprint density at radius 3 is 2.33 bits per heavy atom. The summed E-state index contributed by atoms with van der Waals surface area (Å²) in [6.45, 7) is 0.201. The molecule has 0 saturated heterocycles. The van der Waals surface area contributed by atoms with Crippen LogP contribution in [0.1, 0.15) is 28.4 Å². The number of rotatable bonds is 5. The van der Waals surface area contributed by atoms with E-state index in [2.05, 4.69) is 5.32 Å². The van der Waals surface area contributed by atoms with Crippen LogP contribution in [-0.2, 0) is 0 Å². The minimum Gasteiger partial charge on any atom is -0.388 e. The Morgan fingerprint density at radius 1 is 1.10 bits per heavy atom. The lowest BCUT2D eigenvalue weighted by atomic mass is 10.1. The van der Waals surface area contributed by atoms with Crippen LogP contribution in [0, 0.1) is 11.6 Å². The summed E-state index contributed by atoms with van der Waals surface area (Å²) in [7, 11) is 0. The Morgan fingerprint density at radius 2 is 1.71 bits per heavy atom. The largest absolute Gasteiger partial charge is 0.388 e. The highest BCUT2D eigenvalue weighted by molar-refractivity contribution is 5.94. The first-order chi connectivity index (χ1) is 10.1. The van der Waals surface area contributed by atoms with Crippen LogP contribution < -0.4 is 5.32 Å². The van der Waals surface area contributed by atoms with Crippen molar-refractivity contribution in [3.05, 3.63) is 71.3 Å². The van der Waals surface area contributed by atoms with Gasteiger partial charge in [0, 0.05) is 18.2 Å². The quantitative estimate of drug-likeness (QED) is 0.890. The molecule has 21 heavy (non-hydrogen) atoms. The van der Waals surface area contributed by atoms with Gasteiger partial charge in [-0.25, -0.2) is 8.78 Å². The van der Waals surface area contributed by atoms with Crippen molar-refractivity contribution in [2.45, 2.75) is 12.5 Å². The molecule has 3 nitrogen and oxygen atoms in total. The second kappa shape index (κ2) is 6.95. The number of carbonyl (C=O) groups excluding carboxylic acids is 1. The smallest absolute Gasteiger partial charge is 0.251 e. The molecule has 0 spiro atoms. The molecule has 0 saturated carbocycles. The van der Waals surface area contributed by atoms with Crippen LogP contribution in [0.15, 0.2) is 48.5 Å². The van der Waals surface area contributed by atoms with E-state index in [1.54, 1.807) is 12.1 Å². The fourth-order valence-electron chi connectivity index (χ4n) is 1.95. The van der Waals surface area contributed by atoms with Crippen molar-refractivity contribution in [2.24, 2.45) is 0 Å². The predicted octanol–water partition coefficient (Wildman–Crippen LogP) is 2.82. The molecule has 0 heterocycles. The highest BCUT2D eigenvalue weighted by atomic mass is 19.1. The number of benzene rings is 2. The lowest BCUT2D eigenvalue weighted by Crippen LogP contribution is -2.25. The number of aliphatic hydroxyl groups excluding tert-OH is 1. The maximum absolute atomic E-state index is 13.0. The summed E-state index contributed by atoms with van der Waals surface area (Å²) in [6.07, 6.45) is -0.385. The third-order valence-corrected chi connectivity index (χ3v) is 3.01. The van der Waals surface area contributed by atoms with Crippen LogP contribution in [0.4, 0.5) is 8.78 Å². The van der Waals surface area contributed by atoms with E-state index in [0.717, 1.165) is 17.7 Å². The molecule has 0 bridgehead atoms. The highest BCUT2D eigenvalue weighted by Gasteiger charge is 2.11. The third-order valence-electron chi connectivity index (χ3n) is 3.01. The molecule has 2 N–H and O–H groups in total. The second-order valence-corrected chi connectivity index (χ2v) is 4.63. The number of halogens is 2. The molecule has 2 aromatic carbocycles. The summed E-state index contributed by atoms with van der Waals surface area (Å²) in [5.41, 5.74) is 0.672. The van der Waals surface area contributed by atoms with Gasteiger partial charge in [-0.3, -0.25) is 4.79 Å². The number of hydrogen-bond donors (Lipinski definition) is 2. The van der Waals surface area contributed by atoms with Gasteiger partial charge in [-0.2, -0.15) is 0 Å². The van der Waals surface area contributed by atoms with Gasteiger partial charge >= 0.3 is 0 Å². The standard InChI is InChI=1S/C16H15F2NO2/c17-13-8-12(9-14(18)10-13)16(21)19-7-6-15(20)11-4-2-1-3-5-11/h1-5,8-10,15,20H,6-7H2,(H,19,21). The van der Waals surface area contributed by atoms with Crippen molar-refractivity contribution >= 4 is 5.91 Å². The molecule has 1 unspecified atom stereocenters. The molecule has 1 atom stereocenters. The Balaban J connectivity index is 1.87. The molecule has 2 aromatic rings. The highest BCUT2D eigenvalue weighted by Crippen LogP contribution is 2.15. The number of carbonyl (C=O) groups is 1. The van der Waals surface area contributed by atoms with Gasteiger partial charge in [0.15, 0.2) is 0 Å². The van der Waals surface area contributed by atoms with Gasteiger partial charge in [0.05, 0.1) is 6.10 Å². The van der Waals surface area contributed by atoms with E-state index < -0.39 is 23.6 Å². The fourth-order valence-corrected chi connectivity index (χ4v) is 1.95. The van der Waals surface area contributed by atoms with Crippen molar-refractivity contribution in [3.8, 4) is 0 Å². The number of nitrogens with one attached hydrogen (secondary N) is 1. The first-order valence-corrected chi connectivity index (χ1v) is 6.53. The summed E-state index contributed by atoms with van der Waals surface area (Å²) in [6, 6.07) is 11.7. The summed E-state index contributed by atoms with van der Waals surface area (Å²) < 4.78 is 26.0. The Hall–Kier alpha value is -2.27. The van der Waals surface area contributed by atoms with E-state index in [1.165, 1.54) is 0 Å². The average molecular weight is 291 g/mol. The van der Waals surface area contributed by atoms with Crippen LogP contribution in [0.25, 0.3) is 0 Å². The first-order valence-electron chi connectivity index (χ1n) is 6.53. The first kappa shape index (κ1) is 15.1. The predicted molar refractivity (Wildman–Crippen MR) is 74.7 cm³/mol. The van der Waals surface area contributed by atoms with Crippen molar-refractivity contribution in [3.63, 3.8) is 0 Å². The van der Waals surface area contributed by atoms with Crippen molar-refractivity contribution in [2.75, 3.05) is 6.54 Å². The minimum absolute atomic E-state index is 0.0818. The number of amides is 1. The summed E-state index contributed by atoms with van der Waals surface area (Å²) in [5.74, 6) is -2.18. The zero-order valence-electron chi connectivity index (χ0n) is 11.2. The molecular formula is C16H15F2NO2. The zero-order valence-corrected chi connectivity index (χ0v) is 11.2. The summed E-state index contributed by atoms with van der Waals surface area (Å²) in [4.78, 5) is 11.7. The van der Waals surface area contributed by atoms with Crippen LogP contribution in [0.2, 0.25) is 0 Å². The Bertz CT molecular complexity index is 597. The molecule has 2 rings (SSSR count). The number of aliphatic hydroxyl groups is 1. The molecular weight excluding hydrogens is 276 g/mol. The van der Waals surface area contributed by atoms with Crippen LogP contribution in [0.3, 0.4) is 0 Å². The molecule has 0 aliphatic heterocycles. The molecule has 0 fully saturated rings. The van der Waals surface area contributed by atoms with Crippen molar-refractivity contribution in [1.29, 1.82) is 0 Å². The van der Waals surface area contributed by atoms with E-state index in [9.17, 15) is 18.7 Å². The molecule has 0 aliphatic carbocycles. The molecule has 5 heteroatoms. The van der Waals surface area contributed by atoms with Gasteiger partial charge in [0.1, 0.15) is 11.6 Å². The van der Waals surface area contributed by atoms with Gasteiger partial charge in [-0.1, -0.05) is 30.3 Å². The van der Waals surface area contributed by atoms with E-state index in [-0.39, 0.29) is 12.1 Å². The Labute approximate surface area is 121 Å². The summed E-state index contributed by atoms with van der Waals surface area (Å²) >= 11 is 0. The number of hydrogen-bond acceptors (Lipinski definition) is 2. The molecule has 1 amide bonds. The van der Waals surface area contributed by atoms with Crippen LogP contribution in [-0.4, -0.2) is 17.6 Å². The van der Waals surface area contributed by atoms with E-state index >= 15 is 0 Å². The molecule has 110 valence electrons. The molecule has 0 aromatic heterocycles. The lowest BCUT2D eigenvalue weighted by Gasteiger charge is -2.11. The second-order valence-electron chi connectivity index (χ2n) is 4.63. The van der Waals surface area contributed by atoms with E-state index in [1.807, 2.05) is 18.2 Å². The van der Waals surface area contributed by atoms with E-state index in [0.29, 0.717) is 12.5 Å². The van der Waals surface area contributed by atoms with Gasteiger partial charge < -0.3 is 10.4 Å². The normalized spacial score (nSPS) is 12.0. The van der Waals surface area contributed by atoms with Gasteiger partial charge in [0.2, 0.25) is 0 Å². The summed E-state index contributed by atoms with van der Waals surface area (Å²) in [5, 5.41) is 12.4. The lowest BCUT2D eigenvalue weighted by molar-refractivity contribution is 0.0941. The van der Waals surface area contributed by atoms with Gasteiger partial charge in [-0.05, 0) is 24.1 Å². The van der Waals surface area contributed by atoms with Crippen LogP contribution >= 0.6 is 0 Å². The van der Waals surface area contributed by atoms with Crippen molar-refractivity contribution in [1.82, 2.24) is 5.32 Å². The van der Waals surface area contributed by atoms with Gasteiger partial charge in [-0.15, -0.1) is 0 Å². The molecule has 0 radical (unpaired) electrons. The maximum atomic E-state index is 13.0. The maximum Gasteiger partial charge on any atom is 0.251 e. The third kappa shape index (κ3) is 4.36. The van der Waals surface area contributed by atoms with Crippen LogP contribution in [0.5, 0.6) is 0 Å². The van der Waals surface area contributed by atoms with Gasteiger partial charge in [0.25, 0.3) is 5.91 Å². The Kier molecular flexibility index (Phi) is 5.00. The minimum atomic E-state index is -0.801. The fraction of sp³-hybridized carbons (Fsp3) is 0.188. The SMILES string of the molecule is O=C(NCCC(O)c1ccccc1)c1cc(F)cc(F)c1. The molecule has 0 aliphatic rings. The zero-order chi connectivity index (χ0) is 15.2. The van der Waals surface area contributed by atoms with Crippen molar-refractivity contribution < 1.29 is 18.7 Å². The topological polar surface area (TPSA) is 49.3 Å². The monoisotopic (exact) mass is 291 g/mol. The van der Waals surface area contributed by atoms with E-state index in [4.69, 9.17) is 0 Å². The average Bonchev–Trinajstić information content (AvgIpc) is 2.47.